The summed E-state index contributed by atoms with van der Waals surface area (Å²) >= 11 is 0. The minimum absolute atomic E-state index is 0.424. The van der Waals surface area contributed by atoms with Gasteiger partial charge in [-0.05, 0) is 11.1 Å². The molecule has 0 aliphatic carbocycles. The summed E-state index contributed by atoms with van der Waals surface area (Å²) in [5.74, 6) is 1.76. The predicted molar refractivity (Wildman–Crippen MR) is 50.0 cm³/mol. The van der Waals surface area contributed by atoms with Gasteiger partial charge in [0.25, 0.3) is 0 Å². The van der Waals surface area contributed by atoms with Crippen LogP contribution >= 0.6 is 0 Å². The molecule has 2 nitrogen and oxygen atoms in total. The van der Waals surface area contributed by atoms with Gasteiger partial charge in [0.15, 0.2) is 0 Å². The van der Waals surface area contributed by atoms with Crippen LogP contribution in [0.1, 0.15) is 11.1 Å². The molecular formula is C11H10O2. The Hall–Kier alpha value is -1.37. The highest BCUT2D eigenvalue weighted by Gasteiger charge is 2.22. The SMILES string of the molecule is O=C=Cc1ccc(CC2CO2)cc1. The van der Waals surface area contributed by atoms with Gasteiger partial charge >= 0.3 is 0 Å². The monoisotopic (exact) mass is 174 g/mol. The molecule has 0 radical (unpaired) electrons. The number of epoxide rings is 1. The molecule has 0 N–H and O–H groups in total. The highest BCUT2D eigenvalue weighted by Crippen LogP contribution is 2.16. The molecule has 1 aliphatic rings. The van der Waals surface area contributed by atoms with Crippen molar-refractivity contribution in [2.24, 2.45) is 0 Å². The van der Waals surface area contributed by atoms with Crippen molar-refractivity contribution in [3.8, 4) is 0 Å². The number of ether oxygens (including phenoxy) is 1. The third-order valence-electron chi connectivity index (χ3n) is 2.07. The highest BCUT2D eigenvalue weighted by molar-refractivity contribution is 5.74. The van der Waals surface area contributed by atoms with E-state index >= 15 is 0 Å². The second-order valence-electron chi connectivity index (χ2n) is 3.16. The summed E-state index contributed by atoms with van der Waals surface area (Å²) < 4.78 is 5.12. The smallest absolute Gasteiger partial charge is 0.125 e. The Kier molecular flexibility index (Phi) is 2.26. The molecule has 2 heteroatoms. The molecule has 13 heavy (non-hydrogen) atoms. The van der Waals surface area contributed by atoms with Crippen molar-refractivity contribution in [1.82, 2.24) is 0 Å². The summed E-state index contributed by atoms with van der Waals surface area (Å²) in [6.07, 6.45) is 2.83. The van der Waals surface area contributed by atoms with E-state index in [1.165, 1.54) is 11.6 Å². The second kappa shape index (κ2) is 3.56. The molecule has 1 atom stereocenters. The molecule has 0 bridgehead atoms. The number of hydrogen-bond acceptors (Lipinski definition) is 2. The Bertz CT molecular complexity index is 330. The van der Waals surface area contributed by atoms with Gasteiger partial charge in [0, 0.05) is 12.5 Å². The van der Waals surface area contributed by atoms with Crippen LogP contribution in [0.25, 0.3) is 6.08 Å². The highest BCUT2D eigenvalue weighted by atomic mass is 16.6. The van der Waals surface area contributed by atoms with Crippen LogP contribution in [0, 0.1) is 0 Å². The van der Waals surface area contributed by atoms with Crippen molar-refractivity contribution < 1.29 is 9.53 Å². The van der Waals surface area contributed by atoms with Gasteiger partial charge in [-0.15, -0.1) is 0 Å². The van der Waals surface area contributed by atoms with Crippen molar-refractivity contribution >= 4 is 12.0 Å². The molecule has 0 amide bonds. The zero-order valence-electron chi connectivity index (χ0n) is 7.19. The van der Waals surface area contributed by atoms with E-state index in [2.05, 4.69) is 0 Å². The van der Waals surface area contributed by atoms with Gasteiger partial charge in [-0.25, -0.2) is 4.79 Å². The van der Waals surface area contributed by atoms with Crippen molar-refractivity contribution in [1.29, 1.82) is 0 Å². The van der Waals surface area contributed by atoms with Gasteiger partial charge in [-0.1, -0.05) is 24.3 Å². The summed E-state index contributed by atoms with van der Waals surface area (Å²) in [7, 11) is 0. The lowest BCUT2D eigenvalue weighted by atomic mass is 10.1. The van der Waals surface area contributed by atoms with Crippen LogP contribution in [-0.2, 0) is 16.0 Å². The average molecular weight is 174 g/mol. The molecule has 1 unspecified atom stereocenters. The van der Waals surface area contributed by atoms with Gasteiger partial charge in [-0.3, -0.25) is 0 Å². The molecule has 1 aromatic rings. The Morgan fingerprint density at radius 3 is 2.69 bits per heavy atom. The summed E-state index contributed by atoms with van der Waals surface area (Å²) in [5, 5.41) is 0. The molecule has 2 rings (SSSR count). The maximum absolute atomic E-state index is 10.0. The molecular weight excluding hydrogens is 164 g/mol. The van der Waals surface area contributed by atoms with Crippen LogP contribution in [0.15, 0.2) is 24.3 Å². The van der Waals surface area contributed by atoms with Crippen molar-refractivity contribution in [2.75, 3.05) is 6.61 Å². The number of carbonyl (C=O) groups excluding carboxylic acids is 1. The lowest BCUT2D eigenvalue weighted by Crippen LogP contribution is -1.92. The van der Waals surface area contributed by atoms with E-state index in [-0.39, 0.29) is 0 Å². The Morgan fingerprint density at radius 2 is 2.15 bits per heavy atom. The normalized spacial score (nSPS) is 19.2. The zero-order valence-corrected chi connectivity index (χ0v) is 7.19. The molecule has 1 aliphatic heterocycles. The Balaban J connectivity index is 2.07. The van der Waals surface area contributed by atoms with Gasteiger partial charge < -0.3 is 4.74 Å². The van der Waals surface area contributed by atoms with Crippen LogP contribution in [0.5, 0.6) is 0 Å². The first-order valence-corrected chi connectivity index (χ1v) is 4.30. The van der Waals surface area contributed by atoms with Gasteiger partial charge in [-0.2, -0.15) is 0 Å². The second-order valence-corrected chi connectivity index (χ2v) is 3.16. The summed E-state index contributed by atoms with van der Waals surface area (Å²) in [6, 6.07) is 7.88. The van der Waals surface area contributed by atoms with E-state index < -0.39 is 0 Å². The minimum Gasteiger partial charge on any atom is -0.373 e. The van der Waals surface area contributed by atoms with Crippen LogP contribution in [0.4, 0.5) is 0 Å². The number of hydrogen-bond donors (Lipinski definition) is 0. The summed E-state index contributed by atoms with van der Waals surface area (Å²) in [6.45, 7) is 0.885. The predicted octanol–water partition coefficient (Wildman–Crippen LogP) is 1.47. The molecule has 1 fully saturated rings. The van der Waals surface area contributed by atoms with E-state index in [0.717, 1.165) is 18.6 Å². The fraction of sp³-hybridized carbons (Fsp3) is 0.273. The fourth-order valence-corrected chi connectivity index (χ4v) is 1.27. The summed E-state index contributed by atoms with van der Waals surface area (Å²) in [5.41, 5.74) is 2.15. The quantitative estimate of drug-likeness (QED) is 0.513. The minimum atomic E-state index is 0.424. The number of benzene rings is 1. The van der Waals surface area contributed by atoms with E-state index in [9.17, 15) is 4.79 Å². The van der Waals surface area contributed by atoms with Crippen molar-refractivity contribution in [2.45, 2.75) is 12.5 Å². The fourth-order valence-electron chi connectivity index (χ4n) is 1.27. The molecule has 1 heterocycles. The summed E-state index contributed by atoms with van der Waals surface area (Å²) in [4.78, 5) is 10.0. The molecule has 66 valence electrons. The lowest BCUT2D eigenvalue weighted by molar-refractivity contribution is 0.407. The standard InChI is InChI=1S/C11H10O2/c12-6-5-9-1-3-10(4-2-9)7-11-8-13-11/h1-5,11H,7-8H2. The molecule has 0 spiro atoms. The maximum Gasteiger partial charge on any atom is 0.125 e. The average Bonchev–Trinajstić information content (AvgIpc) is 2.93. The van der Waals surface area contributed by atoms with Gasteiger partial charge in [0.05, 0.1) is 12.7 Å². The first kappa shape index (κ1) is 8.24. The molecule has 0 saturated carbocycles. The maximum atomic E-state index is 10.0. The van der Waals surface area contributed by atoms with Gasteiger partial charge in [0.2, 0.25) is 0 Å². The van der Waals surface area contributed by atoms with Crippen LogP contribution in [0.2, 0.25) is 0 Å². The van der Waals surface area contributed by atoms with E-state index in [4.69, 9.17) is 4.74 Å². The van der Waals surface area contributed by atoms with Crippen LogP contribution < -0.4 is 0 Å². The molecule has 1 aromatic carbocycles. The van der Waals surface area contributed by atoms with Crippen LogP contribution in [-0.4, -0.2) is 18.7 Å². The number of rotatable bonds is 3. The van der Waals surface area contributed by atoms with Crippen molar-refractivity contribution in [3.63, 3.8) is 0 Å². The first-order valence-electron chi connectivity index (χ1n) is 4.30. The Labute approximate surface area is 76.8 Å². The van der Waals surface area contributed by atoms with Crippen LogP contribution in [0.3, 0.4) is 0 Å². The Morgan fingerprint density at radius 1 is 1.46 bits per heavy atom. The first-order chi connectivity index (χ1) is 6.38. The molecule has 0 aromatic heterocycles. The third-order valence-corrected chi connectivity index (χ3v) is 2.07. The van der Waals surface area contributed by atoms with E-state index in [1.54, 1.807) is 5.94 Å². The zero-order chi connectivity index (χ0) is 9.10. The van der Waals surface area contributed by atoms with E-state index in [0.29, 0.717) is 6.10 Å². The largest absolute Gasteiger partial charge is 0.373 e. The third kappa shape index (κ3) is 2.28. The topological polar surface area (TPSA) is 29.6 Å². The lowest BCUT2D eigenvalue weighted by Gasteiger charge is -1.97. The van der Waals surface area contributed by atoms with E-state index in [1.807, 2.05) is 24.3 Å². The van der Waals surface area contributed by atoms with Crippen molar-refractivity contribution in [3.05, 3.63) is 35.4 Å². The molecule has 1 saturated heterocycles. The van der Waals surface area contributed by atoms with Gasteiger partial charge in [0.1, 0.15) is 5.94 Å².